The van der Waals surface area contributed by atoms with Gasteiger partial charge >= 0.3 is 6.61 Å². The summed E-state index contributed by atoms with van der Waals surface area (Å²) in [6.45, 7) is -2.92. The van der Waals surface area contributed by atoms with Gasteiger partial charge in [-0.05, 0) is 25.0 Å². The summed E-state index contributed by atoms with van der Waals surface area (Å²) >= 11 is 1.35. The van der Waals surface area contributed by atoms with Crippen molar-refractivity contribution >= 4 is 28.5 Å². The predicted octanol–water partition coefficient (Wildman–Crippen LogP) is 3.67. The van der Waals surface area contributed by atoms with E-state index in [2.05, 4.69) is 20.3 Å². The molecule has 1 fully saturated rings. The van der Waals surface area contributed by atoms with Gasteiger partial charge in [0.15, 0.2) is 0 Å². The van der Waals surface area contributed by atoms with Crippen LogP contribution in [0.4, 0.5) is 13.9 Å². The highest BCUT2D eigenvalue weighted by Gasteiger charge is 2.27. The summed E-state index contributed by atoms with van der Waals surface area (Å²) in [6.07, 6.45) is 4.88. The van der Waals surface area contributed by atoms with E-state index in [4.69, 9.17) is 0 Å². The van der Waals surface area contributed by atoms with Crippen molar-refractivity contribution in [1.82, 2.24) is 10.2 Å². The first kappa shape index (κ1) is 15.5. The Balaban J connectivity index is 1.63. The third-order valence-corrected chi connectivity index (χ3v) is 4.15. The number of hydrogen-bond donors (Lipinski definition) is 1. The lowest BCUT2D eigenvalue weighted by atomic mass is 10.2. The molecular formula is C15H13F2N3O2S. The van der Waals surface area contributed by atoms with Crippen LogP contribution < -0.4 is 10.1 Å². The molecule has 1 N–H and O–H groups in total. The zero-order valence-electron chi connectivity index (χ0n) is 11.9. The molecule has 0 saturated heterocycles. The van der Waals surface area contributed by atoms with Crippen LogP contribution in [-0.2, 0) is 4.79 Å². The molecule has 1 amide bonds. The van der Waals surface area contributed by atoms with Crippen LogP contribution in [0.3, 0.4) is 0 Å². The lowest BCUT2D eigenvalue weighted by molar-refractivity contribution is -0.111. The molecule has 0 spiro atoms. The molecule has 120 valence electrons. The number of benzene rings is 1. The third kappa shape index (κ3) is 4.32. The summed E-state index contributed by atoms with van der Waals surface area (Å²) in [7, 11) is 0. The summed E-state index contributed by atoms with van der Waals surface area (Å²) in [5.74, 6) is 0.0842. The Bertz CT molecular complexity index is 729. The maximum atomic E-state index is 12.3. The summed E-state index contributed by atoms with van der Waals surface area (Å²) in [5, 5.41) is 11.9. The van der Waals surface area contributed by atoms with E-state index in [0.29, 0.717) is 16.6 Å². The van der Waals surface area contributed by atoms with Gasteiger partial charge in [-0.3, -0.25) is 10.1 Å². The van der Waals surface area contributed by atoms with Gasteiger partial charge in [-0.15, -0.1) is 10.2 Å². The zero-order valence-corrected chi connectivity index (χ0v) is 12.7. The Kier molecular flexibility index (Phi) is 4.61. The van der Waals surface area contributed by atoms with Gasteiger partial charge < -0.3 is 4.74 Å². The summed E-state index contributed by atoms with van der Waals surface area (Å²) < 4.78 is 29.0. The largest absolute Gasteiger partial charge is 0.434 e. The van der Waals surface area contributed by atoms with Crippen molar-refractivity contribution in [3.63, 3.8) is 0 Å². The van der Waals surface area contributed by atoms with E-state index in [1.807, 2.05) is 0 Å². The van der Waals surface area contributed by atoms with Crippen molar-refractivity contribution in [1.29, 1.82) is 0 Å². The number of anilines is 1. The minimum Gasteiger partial charge on any atom is -0.434 e. The molecule has 1 saturated carbocycles. The Hall–Kier alpha value is -2.35. The van der Waals surface area contributed by atoms with Gasteiger partial charge in [-0.2, -0.15) is 8.78 Å². The quantitative estimate of drug-likeness (QED) is 0.817. The van der Waals surface area contributed by atoms with Gasteiger partial charge in [0, 0.05) is 17.6 Å². The zero-order chi connectivity index (χ0) is 16.2. The van der Waals surface area contributed by atoms with Gasteiger partial charge in [-0.1, -0.05) is 29.5 Å². The minimum absolute atomic E-state index is 0.0125. The number of carbonyl (C=O) groups excluding carboxylic acids is 1. The molecule has 23 heavy (non-hydrogen) atoms. The third-order valence-electron chi connectivity index (χ3n) is 3.15. The number of nitrogens with one attached hydrogen (secondary N) is 1. The molecule has 3 rings (SSSR count). The van der Waals surface area contributed by atoms with Gasteiger partial charge in [0.05, 0.1) is 0 Å². The maximum absolute atomic E-state index is 12.3. The van der Waals surface area contributed by atoms with Gasteiger partial charge in [-0.25, -0.2) is 0 Å². The molecule has 0 atom stereocenters. The predicted molar refractivity (Wildman–Crippen MR) is 82.6 cm³/mol. The molecule has 0 aliphatic heterocycles. The number of rotatable bonds is 6. The molecular weight excluding hydrogens is 324 g/mol. The van der Waals surface area contributed by atoms with E-state index >= 15 is 0 Å². The highest BCUT2D eigenvalue weighted by atomic mass is 32.1. The average Bonchev–Trinajstić information content (AvgIpc) is 3.26. The van der Waals surface area contributed by atoms with Crippen LogP contribution in [0.2, 0.25) is 0 Å². The van der Waals surface area contributed by atoms with Crippen LogP contribution in [0.5, 0.6) is 5.75 Å². The van der Waals surface area contributed by atoms with Gasteiger partial charge in [0.25, 0.3) is 0 Å². The lowest BCUT2D eigenvalue weighted by Gasteiger charge is -2.07. The second-order valence-electron chi connectivity index (χ2n) is 4.96. The van der Waals surface area contributed by atoms with Crippen LogP contribution in [0, 0.1) is 0 Å². The molecule has 1 aromatic carbocycles. The van der Waals surface area contributed by atoms with E-state index in [-0.39, 0.29) is 5.75 Å². The fraction of sp³-hybridized carbons (Fsp3) is 0.267. The maximum Gasteiger partial charge on any atom is 0.387 e. The van der Waals surface area contributed by atoms with Crippen LogP contribution in [-0.4, -0.2) is 22.7 Å². The highest BCUT2D eigenvalue weighted by molar-refractivity contribution is 7.15. The topological polar surface area (TPSA) is 64.1 Å². The summed E-state index contributed by atoms with van der Waals surface area (Å²) in [6, 6.07) is 6.24. The molecule has 0 unspecified atom stereocenters. The molecule has 0 bridgehead atoms. The fourth-order valence-electron chi connectivity index (χ4n) is 1.91. The Morgan fingerprint density at radius 1 is 1.35 bits per heavy atom. The summed E-state index contributed by atoms with van der Waals surface area (Å²) in [4.78, 5) is 11.9. The molecule has 1 aromatic heterocycles. The van der Waals surface area contributed by atoms with E-state index in [1.165, 1.54) is 29.6 Å². The number of para-hydroxylation sites is 1. The first-order valence-electron chi connectivity index (χ1n) is 6.98. The first-order valence-corrected chi connectivity index (χ1v) is 7.80. The van der Waals surface area contributed by atoms with Crippen molar-refractivity contribution in [2.45, 2.75) is 25.4 Å². The SMILES string of the molecule is O=C(/C=C/c1ccccc1OC(F)F)Nc1nnc(C2CC2)s1. The van der Waals surface area contributed by atoms with Crippen molar-refractivity contribution in [2.75, 3.05) is 5.32 Å². The van der Waals surface area contributed by atoms with Crippen LogP contribution in [0.1, 0.15) is 29.3 Å². The van der Waals surface area contributed by atoms with Crippen molar-refractivity contribution in [3.8, 4) is 5.75 Å². The smallest absolute Gasteiger partial charge is 0.387 e. The number of nitrogens with zero attached hydrogens (tertiary/aromatic N) is 2. The van der Waals surface area contributed by atoms with E-state index in [0.717, 1.165) is 17.8 Å². The Morgan fingerprint density at radius 3 is 2.87 bits per heavy atom. The Labute approximate surface area is 135 Å². The molecule has 5 nitrogen and oxygen atoms in total. The van der Waals surface area contributed by atoms with Crippen LogP contribution >= 0.6 is 11.3 Å². The van der Waals surface area contributed by atoms with Gasteiger partial charge in [0.1, 0.15) is 10.8 Å². The number of amides is 1. The molecule has 1 aliphatic carbocycles. The minimum atomic E-state index is -2.92. The van der Waals surface area contributed by atoms with Crippen molar-refractivity contribution in [3.05, 3.63) is 40.9 Å². The number of hydrogen-bond acceptors (Lipinski definition) is 5. The lowest BCUT2D eigenvalue weighted by Crippen LogP contribution is -2.07. The highest BCUT2D eigenvalue weighted by Crippen LogP contribution is 2.42. The fourth-order valence-corrected chi connectivity index (χ4v) is 2.83. The first-order chi connectivity index (χ1) is 11.1. The Morgan fingerprint density at radius 2 is 2.13 bits per heavy atom. The van der Waals surface area contributed by atoms with Crippen molar-refractivity contribution in [2.24, 2.45) is 0 Å². The van der Waals surface area contributed by atoms with E-state index < -0.39 is 12.5 Å². The van der Waals surface area contributed by atoms with Crippen LogP contribution in [0.15, 0.2) is 30.3 Å². The number of ether oxygens (including phenoxy) is 1. The molecule has 8 heteroatoms. The second kappa shape index (κ2) is 6.82. The molecule has 1 heterocycles. The molecule has 1 aliphatic rings. The summed E-state index contributed by atoms with van der Waals surface area (Å²) in [5.41, 5.74) is 0.388. The average molecular weight is 337 g/mol. The molecule has 2 aromatic rings. The van der Waals surface area contributed by atoms with Gasteiger partial charge in [0.2, 0.25) is 11.0 Å². The van der Waals surface area contributed by atoms with Crippen LogP contribution in [0.25, 0.3) is 6.08 Å². The number of halogens is 2. The number of alkyl halides is 2. The monoisotopic (exact) mass is 337 g/mol. The second-order valence-corrected chi connectivity index (χ2v) is 5.97. The van der Waals surface area contributed by atoms with E-state index in [1.54, 1.807) is 18.2 Å². The van der Waals surface area contributed by atoms with Crippen molar-refractivity contribution < 1.29 is 18.3 Å². The van der Waals surface area contributed by atoms with E-state index in [9.17, 15) is 13.6 Å². The number of carbonyl (C=O) groups is 1. The molecule has 0 radical (unpaired) electrons. The number of aromatic nitrogens is 2. The standard InChI is InChI=1S/C15H13F2N3O2S/c16-14(17)22-11-4-2-1-3-9(11)7-8-12(21)18-15-20-19-13(23-15)10-5-6-10/h1-4,7-8,10,14H,5-6H2,(H,18,20,21)/b8-7+. The normalized spacial score (nSPS) is 14.4.